The Morgan fingerprint density at radius 3 is 2.58 bits per heavy atom. The Morgan fingerprint density at radius 2 is 1.85 bits per heavy atom. The zero-order valence-electron chi connectivity index (χ0n) is 14.8. The molecule has 6 heteroatoms. The summed E-state index contributed by atoms with van der Waals surface area (Å²) in [6, 6.07) is 17.7. The molecule has 2 heterocycles. The molecule has 0 aliphatic heterocycles. The Morgan fingerprint density at radius 1 is 1.04 bits per heavy atom. The maximum atomic E-state index is 9.28. The number of nitrogens with zero attached hydrogens (tertiary/aromatic N) is 3. The first-order chi connectivity index (χ1) is 12.7. The topological polar surface area (TPSA) is 83.0 Å². The van der Waals surface area contributed by atoms with Crippen molar-refractivity contribution in [2.45, 2.75) is 19.4 Å². The molecule has 134 valence electrons. The minimum absolute atomic E-state index is 0.0152. The van der Waals surface area contributed by atoms with Gasteiger partial charge in [-0.2, -0.15) is 4.98 Å². The number of anilines is 2. The van der Waals surface area contributed by atoms with Gasteiger partial charge in [-0.05, 0) is 19.1 Å². The molecule has 3 aromatic rings. The van der Waals surface area contributed by atoms with Gasteiger partial charge in [-0.1, -0.05) is 36.4 Å². The largest absolute Gasteiger partial charge is 0.394 e. The third-order valence-corrected chi connectivity index (χ3v) is 3.86. The molecule has 0 aliphatic rings. The summed E-state index contributed by atoms with van der Waals surface area (Å²) in [6.45, 7) is 2.62. The molecule has 0 saturated carbocycles. The second-order valence-electron chi connectivity index (χ2n) is 6.05. The van der Waals surface area contributed by atoms with Gasteiger partial charge in [0.1, 0.15) is 5.82 Å². The van der Waals surface area contributed by atoms with Crippen molar-refractivity contribution in [2.24, 2.45) is 0 Å². The highest BCUT2D eigenvalue weighted by Crippen LogP contribution is 2.21. The van der Waals surface area contributed by atoms with Gasteiger partial charge in [0.2, 0.25) is 5.95 Å². The number of benzene rings is 1. The van der Waals surface area contributed by atoms with Crippen molar-refractivity contribution in [1.29, 1.82) is 0 Å². The van der Waals surface area contributed by atoms with Crippen LogP contribution >= 0.6 is 0 Å². The standard InChI is InChI=1S/C20H23N5O/c1-15(14-26)23-20-24-18(16-7-3-2-4-8-16)13-19(25-20)22-12-10-17-9-5-6-11-21-17/h2-9,11,13,15,26H,10,12,14H2,1H3,(H2,22,23,24,25)/t15-/m1/s1. The highest BCUT2D eigenvalue weighted by Gasteiger charge is 2.09. The predicted molar refractivity (Wildman–Crippen MR) is 104 cm³/mol. The Hall–Kier alpha value is -2.99. The average Bonchev–Trinajstić information content (AvgIpc) is 2.69. The predicted octanol–water partition coefficient (Wildman–Crippen LogP) is 2.99. The lowest BCUT2D eigenvalue weighted by atomic mass is 10.1. The molecule has 6 nitrogen and oxygen atoms in total. The fraction of sp³-hybridized carbons (Fsp3) is 0.250. The van der Waals surface area contributed by atoms with Gasteiger partial charge in [-0.3, -0.25) is 4.98 Å². The van der Waals surface area contributed by atoms with Crippen molar-refractivity contribution in [3.8, 4) is 11.3 Å². The fourth-order valence-electron chi connectivity index (χ4n) is 2.49. The second kappa shape index (κ2) is 8.92. The number of pyridine rings is 1. The Bertz CT molecular complexity index is 811. The quantitative estimate of drug-likeness (QED) is 0.580. The zero-order valence-corrected chi connectivity index (χ0v) is 14.8. The molecule has 1 aromatic carbocycles. The summed E-state index contributed by atoms with van der Waals surface area (Å²) in [5, 5.41) is 15.7. The van der Waals surface area contributed by atoms with E-state index in [2.05, 4.69) is 25.6 Å². The Balaban J connectivity index is 1.77. The van der Waals surface area contributed by atoms with Crippen LogP contribution in [0.5, 0.6) is 0 Å². The van der Waals surface area contributed by atoms with E-state index in [1.807, 2.05) is 61.5 Å². The maximum Gasteiger partial charge on any atom is 0.225 e. The molecular formula is C20H23N5O. The summed E-state index contributed by atoms with van der Waals surface area (Å²) in [4.78, 5) is 13.4. The number of aromatic nitrogens is 3. The maximum absolute atomic E-state index is 9.28. The lowest BCUT2D eigenvalue weighted by Gasteiger charge is -2.14. The first-order valence-corrected chi connectivity index (χ1v) is 8.70. The molecule has 3 rings (SSSR count). The number of aliphatic hydroxyl groups excluding tert-OH is 1. The summed E-state index contributed by atoms with van der Waals surface area (Å²) < 4.78 is 0. The van der Waals surface area contributed by atoms with Gasteiger partial charge < -0.3 is 15.7 Å². The fourth-order valence-corrected chi connectivity index (χ4v) is 2.49. The number of hydrogen-bond donors (Lipinski definition) is 3. The van der Waals surface area contributed by atoms with E-state index in [9.17, 15) is 5.11 Å². The van der Waals surface area contributed by atoms with Crippen LogP contribution < -0.4 is 10.6 Å². The smallest absolute Gasteiger partial charge is 0.225 e. The molecule has 0 unspecified atom stereocenters. The molecule has 0 spiro atoms. The highest BCUT2D eigenvalue weighted by atomic mass is 16.3. The molecule has 3 N–H and O–H groups in total. The van der Waals surface area contributed by atoms with Crippen molar-refractivity contribution < 1.29 is 5.11 Å². The molecule has 0 amide bonds. The normalized spacial score (nSPS) is 11.8. The van der Waals surface area contributed by atoms with E-state index in [1.54, 1.807) is 6.20 Å². The van der Waals surface area contributed by atoms with Crippen LogP contribution in [0.25, 0.3) is 11.3 Å². The summed E-state index contributed by atoms with van der Waals surface area (Å²) in [7, 11) is 0. The molecule has 1 atom stereocenters. The number of aliphatic hydroxyl groups is 1. The number of rotatable bonds is 8. The summed E-state index contributed by atoms with van der Waals surface area (Å²) >= 11 is 0. The van der Waals surface area contributed by atoms with E-state index in [-0.39, 0.29) is 12.6 Å². The van der Waals surface area contributed by atoms with E-state index >= 15 is 0 Å². The lowest BCUT2D eigenvalue weighted by molar-refractivity contribution is 0.281. The van der Waals surface area contributed by atoms with Gasteiger partial charge in [0.25, 0.3) is 0 Å². The van der Waals surface area contributed by atoms with Crippen molar-refractivity contribution in [3.05, 3.63) is 66.5 Å². The Labute approximate surface area is 153 Å². The van der Waals surface area contributed by atoms with Crippen LogP contribution in [0, 0.1) is 0 Å². The summed E-state index contributed by atoms with van der Waals surface area (Å²) in [6.07, 6.45) is 2.60. The first kappa shape index (κ1) is 17.8. The van der Waals surface area contributed by atoms with E-state index in [4.69, 9.17) is 0 Å². The van der Waals surface area contributed by atoms with Crippen LogP contribution in [-0.2, 0) is 6.42 Å². The SMILES string of the molecule is C[C@H](CO)Nc1nc(NCCc2ccccn2)cc(-c2ccccc2)n1. The molecule has 0 bridgehead atoms. The van der Waals surface area contributed by atoms with Gasteiger partial charge in [0.15, 0.2) is 0 Å². The molecule has 2 aromatic heterocycles. The third-order valence-electron chi connectivity index (χ3n) is 3.86. The number of nitrogens with one attached hydrogen (secondary N) is 2. The van der Waals surface area contributed by atoms with Crippen molar-refractivity contribution in [1.82, 2.24) is 15.0 Å². The summed E-state index contributed by atoms with van der Waals surface area (Å²) in [5.41, 5.74) is 2.88. The van der Waals surface area contributed by atoms with Crippen LogP contribution in [-0.4, -0.2) is 39.3 Å². The van der Waals surface area contributed by atoms with E-state index in [0.717, 1.165) is 35.7 Å². The van der Waals surface area contributed by atoms with Crippen LogP contribution in [0.15, 0.2) is 60.8 Å². The Kier molecular flexibility index (Phi) is 6.11. The molecule has 0 radical (unpaired) electrons. The second-order valence-corrected chi connectivity index (χ2v) is 6.05. The van der Waals surface area contributed by atoms with E-state index in [1.165, 1.54) is 0 Å². The first-order valence-electron chi connectivity index (χ1n) is 8.70. The van der Waals surface area contributed by atoms with E-state index < -0.39 is 0 Å². The molecule has 0 aliphatic carbocycles. The molecule has 26 heavy (non-hydrogen) atoms. The highest BCUT2D eigenvalue weighted by molar-refractivity contribution is 5.64. The van der Waals surface area contributed by atoms with Crippen molar-refractivity contribution in [2.75, 3.05) is 23.8 Å². The van der Waals surface area contributed by atoms with Crippen LogP contribution in [0.2, 0.25) is 0 Å². The van der Waals surface area contributed by atoms with Crippen molar-refractivity contribution >= 4 is 11.8 Å². The molecular weight excluding hydrogens is 326 g/mol. The van der Waals surface area contributed by atoms with Crippen molar-refractivity contribution in [3.63, 3.8) is 0 Å². The minimum Gasteiger partial charge on any atom is -0.394 e. The average molecular weight is 349 g/mol. The van der Waals surface area contributed by atoms with Gasteiger partial charge in [0, 0.05) is 42.5 Å². The van der Waals surface area contributed by atoms with Gasteiger partial charge in [0.05, 0.1) is 12.3 Å². The third kappa shape index (κ3) is 5.00. The van der Waals surface area contributed by atoms with Crippen LogP contribution in [0.3, 0.4) is 0 Å². The molecule has 0 saturated heterocycles. The zero-order chi connectivity index (χ0) is 18.2. The minimum atomic E-state index is -0.123. The monoisotopic (exact) mass is 349 g/mol. The van der Waals surface area contributed by atoms with Crippen LogP contribution in [0.4, 0.5) is 11.8 Å². The van der Waals surface area contributed by atoms with E-state index in [0.29, 0.717) is 5.95 Å². The molecule has 0 fully saturated rings. The van der Waals surface area contributed by atoms with Gasteiger partial charge >= 0.3 is 0 Å². The number of hydrogen-bond acceptors (Lipinski definition) is 6. The lowest BCUT2D eigenvalue weighted by Crippen LogP contribution is -2.21. The van der Waals surface area contributed by atoms with Gasteiger partial charge in [-0.15, -0.1) is 0 Å². The van der Waals surface area contributed by atoms with Gasteiger partial charge in [-0.25, -0.2) is 4.98 Å². The van der Waals surface area contributed by atoms with Crippen LogP contribution in [0.1, 0.15) is 12.6 Å². The summed E-state index contributed by atoms with van der Waals surface area (Å²) in [5.74, 6) is 1.23.